The van der Waals surface area contributed by atoms with Crippen LogP contribution in [-0.2, 0) is 0 Å². The first kappa shape index (κ1) is 10.8. The number of rotatable bonds is 1. The number of hydrogen-bond acceptors (Lipinski definition) is 1. The van der Waals surface area contributed by atoms with Gasteiger partial charge in [0.15, 0.2) is 0 Å². The maximum absolute atomic E-state index is 12.9. The molecule has 1 aliphatic rings. The average molecular weight is 237 g/mol. The van der Waals surface area contributed by atoms with E-state index in [1.165, 1.54) is 12.1 Å². The average Bonchev–Trinajstić information content (AvgIpc) is 2.61. The minimum Gasteiger partial charge on any atom is -0.361 e. The molecular formula is C16H12FN. The first-order valence-electron chi connectivity index (χ1n) is 5.83. The minimum absolute atomic E-state index is 0.213. The highest BCUT2D eigenvalue weighted by atomic mass is 19.1. The Morgan fingerprint density at radius 2 is 1.67 bits per heavy atom. The van der Waals surface area contributed by atoms with Gasteiger partial charge in [0.05, 0.1) is 0 Å². The van der Waals surface area contributed by atoms with Crippen molar-refractivity contribution in [2.75, 3.05) is 5.32 Å². The number of fused-ring (bicyclic) bond motifs is 1. The van der Waals surface area contributed by atoms with Gasteiger partial charge in [0.25, 0.3) is 0 Å². The fourth-order valence-electron chi connectivity index (χ4n) is 2.01. The Kier molecular flexibility index (Phi) is 2.69. The summed E-state index contributed by atoms with van der Waals surface area (Å²) in [6.07, 6.45) is 5.99. The predicted octanol–water partition coefficient (Wildman–Crippen LogP) is 4.31. The van der Waals surface area contributed by atoms with E-state index in [0.29, 0.717) is 0 Å². The summed E-state index contributed by atoms with van der Waals surface area (Å²) in [5, 5.41) is 3.23. The van der Waals surface area contributed by atoms with Gasteiger partial charge < -0.3 is 5.32 Å². The molecule has 0 amide bonds. The van der Waals surface area contributed by atoms with E-state index < -0.39 is 0 Å². The third-order valence-electron chi connectivity index (χ3n) is 2.95. The van der Waals surface area contributed by atoms with Crippen molar-refractivity contribution in [3.8, 4) is 0 Å². The minimum atomic E-state index is -0.213. The zero-order valence-corrected chi connectivity index (χ0v) is 9.73. The SMILES string of the molecule is Fc1ccc(C2=Cc3ccccc3NC=C2)cc1. The summed E-state index contributed by atoms with van der Waals surface area (Å²) < 4.78 is 12.9. The lowest BCUT2D eigenvalue weighted by Crippen LogP contribution is -1.87. The van der Waals surface area contributed by atoms with E-state index in [-0.39, 0.29) is 5.82 Å². The molecule has 2 aromatic rings. The van der Waals surface area contributed by atoms with Gasteiger partial charge in [0.1, 0.15) is 5.82 Å². The van der Waals surface area contributed by atoms with E-state index in [4.69, 9.17) is 0 Å². The van der Waals surface area contributed by atoms with Crippen molar-refractivity contribution in [2.24, 2.45) is 0 Å². The van der Waals surface area contributed by atoms with Crippen molar-refractivity contribution in [3.05, 3.63) is 77.8 Å². The van der Waals surface area contributed by atoms with Gasteiger partial charge in [-0.05, 0) is 47.1 Å². The van der Waals surface area contributed by atoms with Gasteiger partial charge >= 0.3 is 0 Å². The van der Waals surface area contributed by atoms with Gasteiger partial charge in [-0.2, -0.15) is 0 Å². The van der Waals surface area contributed by atoms with Gasteiger partial charge in [0.2, 0.25) is 0 Å². The number of anilines is 1. The Bertz CT molecular complexity index is 624. The highest BCUT2D eigenvalue weighted by Crippen LogP contribution is 2.26. The molecule has 0 atom stereocenters. The molecule has 1 N–H and O–H groups in total. The number of allylic oxidation sites excluding steroid dienone is 2. The monoisotopic (exact) mass is 237 g/mol. The van der Waals surface area contributed by atoms with Crippen LogP contribution in [0.25, 0.3) is 11.6 Å². The summed E-state index contributed by atoms with van der Waals surface area (Å²) in [7, 11) is 0. The molecule has 0 aliphatic carbocycles. The lowest BCUT2D eigenvalue weighted by atomic mass is 10.0. The third kappa shape index (κ3) is 2.05. The summed E-state index contributed by atoms with van der Waals surface area (Å²) in [6.45, 7) is 0. The van der Waals surface area contributed by atoms with Crippen LogP contribution in [0.1, 0.15) is 11.1 Å². The number of para-hydroxylation sites is 1. The second kappa shape index (κ2) is 4.49. The first-order chi connectivity index (χ1) is 8.83. The van der Waals surface area contributed by atoms with Crippen molar-refractivity contribution >= 4 is 17.3 Å². The third-order valence-corrected chi connectivity index (χ3v) is 2.95. The van der Waals surface area contributed by atoms with Crippen LogP contribution < -0.4 is 5.32 Å². The zero-order valence-electron chi connectivity index (χ0n) is 9.73. The Hall–Kier alpha value is -2.35. The molecule has 2 heteroatoms. The second-order valence-corrected chi connectivity index (χ2v) is 4.17. The number of hydrogen-bond donors (Lipinski definition) is 1. The van der Waals surface area contributed by atoms with Crippen LogP contribution in [0.5, 0.6) is 0 Å². The van der Waals surface area contributed by atoms with E-state index in [9.17, 15) is 4.39 Å². The second-order valence-electron chi connectivity index (χ2n) is 4.17. The largest absolute Gasteiger partial charge is 0.361 e. The molecule has 1 nitrogen and oxygen atoms in total. The first-order valence-corrected chi connectivity index (χ1v) is 5.83. The van der Waals surface area contributed by atoms with E-state index in [0.717, 1.165) is 22.4 Å². The molecule has 0 spiro atoms. The van der Waals surface area contributed by atoms with E-state index in [2.05, 4.69) is 17.5 Å². The van der Waals surface area contributed by atoms with Gasteiger partial charge in [-0.15, -0.1) is 0 Å². The standard InChI is InChI=1S/C16H12FN/c17-15-7-5-12(6-8-15)13-9-10-18-16-4-2-1-3-14(16)11-13/h1-11,18H. The maximum Gasteiger partial charge on any atom is 0.123 e. The molecule has 0 aromatic heterocycles. The van der Waals surface area contributed by atoms with Crippen molar-refractivity contribution in [2.45, 2.75) is 0 Å². The molecular weight excluding hydrogens is 225 g/mol. The van der Waals surface area contributed by atoms with Crippen LogP contribution in [-0.4, -0.2) is 0 Å². The van der Waals surface area contributed by atoms with Gasteiger partial charge in [0, 0.05) is 11.9 Å². The van der Waals surface area contributed by atoms with E-state index in [1.807, 2.05) is 30.5 Å². The quantitative estimate of drug-likeness (QED) is 0.779. The fourth-order valence-corrected chi connectivity index (χ4v) is 2.01. The van der Waals surface area contributed by atoms with Crippen molar-refractivity contribution < 1.29 is 4.39 Å². The van der Waals surface area contributed by atoms with E-state index in [1.54, 1.807) is 12.1 Å². The summed E-state index contributed by atoms with van der Waals surface area (Å²) in [5.74, 6) is -0.213. The van der Waals surface area contributed by atoms with E-state index >= 15 is 0 Å². The fraction of sp³-hybridized carbons (Fsp3) is 0. The molecule has 3 rings (SSSR count). The zero-order chi connectivity index (χ0) is 12.4. The molecule has 1 heterocycles. The molecule has 0 radical (unpaired) electrons. The lowest BCUT2D eigenvalue weighted by molar-refractivity contribution is 0.627. The predicted molar refractivity (Wildman–Crippen MR) is 73.5 cm³/mol. The molecule has 88 valence electrons. The van der Waals surface area contributed by atoms with Crippen molar-refractivity contribution in [3.63, 3.8) is 0 Å². The van der Waals surface area contributed by atoms with Crippen LogP contribution in [0.2, 0.25) is 0 Å². The Morgan fingerprint density at radius 3 is 2.50 bits per heavy atom. The normalized spacial score (nSPS) is 13.3. The Morgan fingerprint density at radius 1 is 0.889 bits per heavy atom. The Labute approximate surface area is 105 Å². The molecule has 1 aliphatic heterocycles. The molecule has 0 fully saturated rings. The number of benzene rings is 2. The highest BCUT2D eigenvalue weighted by molar-refractivity contribution is 5.91. The van der Waals surface area contributed by atoms with Gasteiger partial charge in [-0.25, -0.2) is 4.39 Å². The molecule has 2 aromatic carbocycles. The van der Waals surface area contributed by atoms with Crippen LogP contribution >= 0.6 is 0 Å². The van der Waals surface area contributed by atoms with Crippen molar-refractivity contribution in [1.82, 2.24) is 0 Å². The molecule has 18 heavy (non-hydrogen) atoms. The van der Waals surface area contributed by atoms with Crippen LogP contribution in [0.15, 0.2) is 60.8 Å². The maximum atomic E-state index is 12.9. The van der Waals surface area contributed by atoms with Gasteiger partial charge in [-0.3, -0.25) is 0 Å². The summed E-state index contributed by atoms with van der Waals surface area (Å²) in [6, 6.07) is 14.6. The van der Waals surface area contributed by atoms with Crippen molar-refractivity contribution in [1.29, 1.82) is 0 Å². The Balaban J connectivity index is 2.07. The molecule has 0 saturated heterocycles. The number of halogens is 1. The molecule has 0 unspecified atom stereocenters. The summed E-state index contributed by atoms with van der Waals surface area (Å²) in [5.41, 5.74) is 4.27. The van der Waals surface area contributed by atoms with Crippen LogP contribution in [0.3, 0.4) is 0 Å². The summed E-state index contributed by atoms with van der Waals surface area (Å²) in [4.78, 5) is 0. The van der Waals surface area contributed by atoms with Crippen LogP contribution in [0.4, 0.5) is 10.1 Å². The number of nitrogens with one attached hydrogen (secondary N) is 1. The highest BCUT2D eigenvalue weighted by Gasteiger charge is 2.05. The van der Waals surface area contributed by atoms with Crippen LogP contribution in [0, 0.1) is 5.82 Å². The molecule has 0 saturated carbocycles. The molecule has 0 bridgehead atoms. The smallest absolute Gasteiger partial charge is 0.123 e. The summed E-state index contributed by atoms with van der Waals surface area (Å²) >= 11 is 0. The topological polar surface area (TPSA) is 12.0 Å². The lowest BCUT2D eigenvalue weighted by Gasteiger charge is -2.03. The van der Waals surface area contributed by atoms with Gasteiger partial charge in [-0.1, -0.05) is 30.3 Å².